The summed E-state index contributed by atoms with van der Waals surface area (Å²) in [6.07, 6.45) is 0. The van der Waals surface area contributed by atoms with Gasteiger partial charge in [0.25, 0.3) is 0 Å². The first-order valence-electron chi connectivity index (χ1n) is 5.25. The van der Waals surface area contributed by atoms with E-state index in [0.717, 1.165) is 0 Å². The van der Waals surface area contributed by atoms with Gasteiger partial charge in [-0.3, -0.25) is 9.59 Å². The molecule has 6 nitrogen and oxygen atoms in total. The van der Waals surface area contributed by atoms with Gasteiger partial charge in [-0.05, 0) is 20.8 Å². The third-order valence-corrected chi connectivity index (χ3v) is 2.33. The van der Waals surface area contributed by atoms with Crippen molar-refractivity contribution in [1.29, 1.82) is 0 Å². The van der Waals surface area contributed by atoms with E-state index in [1.165, 1.54) is 4.90 Å². The number of carbonyl (C=O) groups is 3. The van der Waals surface area contributed by atoms with Gasteiger partial charge in [-0.1, -0.05) is 0 Å². The fourth-order valence-corrected chi connectivity index (χ4v) is 1.50. The van der Waals surface area contributed by atoms with Crippen LogP contribution in [0, 0.1) is 0 Å². The summed E-state index contributed by atoms with van der Waals surface area (Å²) >= 11 is 0. The van der Waals surface area contributed by atoms with Crippen LogP contribution in [0.2, 0.25) is 0 Å². The average Bonchev–Trinajstić information content (AvgIpc) is 2.21. The Balaban J connectivity index is 2.74. The number of hydrogen-bond donors (Lipinski definition) is 1. The lowest BCUT2D eigenvalue weighted by molar-refractivity contribution is -0.157. The highest BCUT2D eigenvalue weighted by molar-refractivity contribution is 6.36. The minimum absolute atomic E-state index is 0.115. The molecular weight excluding hydrogens is 212 g/mol. The maximum atomic E-state index is 11.5. The SMILES string of the molecule is CCOC(=O)[C@H]1CN(C(C)C)C(=O)C(=O)N1. The number of nitrogens with zero attached hydrogens (tertiary/aromatic N) is 1. The van der Waals surface area contributed by atoms with Crippen LogP contribution >= 0.6 is 0 Å². The molecule has 90 valence electrons. The van der Waals surface area contributed by atoms with Crippen LogP contribution in [-0.4, -0.2) is 47.9 Å². The molecule has 1 N–H and O–H groups in total. The van der Waals surface area contributed by atoms with E-state index >= 15 is 0 Å². The quantitative estimate of drug-likeness (QED) is 0.511. The standard InChI is InChI=1S/C10H16N2O4/c1-4-16-10(15)7-5-12(6(2)3)9(14)8(13)11-7/h6-7H,4-5H2,1-3H3,(H,11,13)/t7-/m1/s1. The van der Waals surface area contributed by atoms with Crippen molar-refractivity contribution >= 4 is 17.8 Å². The Morgan fingerprint density at radius 1 is 1.56 bits per heavy atom. The molecule has 2 amide bonds. The number of hydrogen-bond acceptors (Lipinski definition) is 4. The highest BCUT2D eigenvalue weighted by Crippen LogP contribution is 2.07. The molecule has 0 saturated carbocycles. The average molecular weight is 228 g/mol. The largest absolute Gasteiger partial charge is 0.464 e. The van der Waals surface area contributed by atoms with Crippen molar-refractivity contribution in [3.63, 3.8) is 0 Å². The van der Waals surface area contributed by atoms with Crippen LogP contribution in [0.5, 0.6) is 0 Å². The number of piperazine rings is 1. The molecular formula is C10H16N2O4. The van der Waals surface area contributed by atoms with Crippen molar-refractivity contribution in [1.82, 2.24) is 10.2 Å². The molecule has 1 saturated heterocycles. The molecule has 1 aliphatic rings. The number of nitrogens with one attached hydrogen (secondary N) is 1. The summed E-state index contributed by atoms with van der Waals surface area (Å²) in [7, 11) is 0. The van der Waals surface area contributed by atoms with Gasteiger partial charge in [-0.25, -0.2) is 4.79 Å². The first kappa shape index (κ1) is 12.5. The van der Waals surface area contributed by atoms with E-state index < -0.39 is 23.8 Å². The van der Waals surface area contributed by atoms with Crippen molar-refractivity contribution in [2.75, 3.05) is 13.2 Å². The van der Waals surface area contributed by atoms with Crippen molar-refractivity contribution in [3.8, 4) is 0 Å². The lowest BCUT2D eigenvalue weighted by Crippen LogP contribution is -2.62. The molecule has 0 radical (unpaired) electrons. The molecule has 0 aliphatic carbocycles. The molecule has 0 aromatic carbocycles. The van der Waals surface area contributed by atoms with Crippen LogP contribution in [0.4, 0.5) is 0 Å². The minimum atomic E-state index is -0.757. The zero-order valence-corrected chi connectivity index (χ0v) is 9.65. The number of amides is 2. The lowest BCUT2D eigenvalue weighted by atomic mass is 10.1. The molecule has 0 bridgehead atoms. The van der Waals surface area contributed by atoms with E-state index in [1.54, 1.807) is 20.8 Å². The molecule has 16 heavy (non-hydrogen) atoms. The molecule has 1 aliphatic heterocycles. The van der Waals surface area contributed by atoms with Crippen molar-refractivity contribution < 1.29 is 19.1 Å². The first-order chi connectivity index (χ1) is 7.47. The topological polar surface area (TPSA) is 75.7 Å². The summed E-state index contributed by atoms with van der Waals surface area (Å²) in [5, 5.41) is 2.33. The Hall–Kier alpha value is -1.59. The molecule has 0 aromatic heterocycles. The Morgan fingerprint density at radius 2 is 2.19 bits per heavy atom. The highest BCUT2D eigenvalue weighted by atomic mass is 16.5. The Bertz CT molecular complexity index is 314. The smallest absolute Gasteiger partial charge is 0.330 e. The summed E-state index contributed by atoms with van der Waals surface area (Å²) in [4.78, 5) is 35.6. The molecule has 0 spiro atoms. The van der Waals surface area contributed by atoms with Gasteiger partial charge in [0.05, 0.1) is 13.2 Å². The van der Waals surface area contributed by atoms with E-state index in [2.05, 4.69) is 5.32 Å². The molecule has 0 aromatic rings. The van der Waals surface area contributed by atoms with E-state index in [-0.39, 0.29) is 19.2 Å². The zero-order valence-electron chi connectivity index (χ0n) is 9.65. The van der Waals surface area contributed by atoms with Gasteiger partial charge in [-0.15, -0.1) is 0 Å². The molecule has 1 rings (SSSR count). The zero-order chi connectivity index (χ0) is 12.3. The third kappa shape index (κ3) is 2.50. The van der Waals surface area contributed by atoms with Crippen molar-refractivity contribution in [3.05, 3.63) is 0 Å². The summed E-state index contributed by atoms with van der Waals surface area (Å²) in [6, 6.07) is -0.872. The van der Waals surface area contributed by atoms with E-state index in [9.17, 15) is 14.4 Å². The van der Waals surface area contributed by atoms with Gasteiger partial charge in [0.15, 0.2) is 0 Å². The highest BCUT2D eigenvalue weighted by Gasteiger charge is 2.37. The minimum Gasteiger partial charge on any atom is -0.464 e. The normalized spacial score (nSPS) is 21.0. The summed E-state index contributed by atoms with van der Waals surface area (Å²) < 4.78 is 4.80. The van der Waals surface area contributed by atoms with Gasteiger partial charge in [0.2, 0.25) is 0 Å². The predicted molar refractivity (Wildman–Crippen MR) is 55.4 cm³/mol. The maximum Gasteiger partial charge on any atom is 0.330 e. The third-order valence-electron chi connectivity index (χ3n) is 2.33. The van der Waals surface area contributed by atoms with Gasteiger partial charge in [-0.2, -0.15) is 0 Å². The fourth-order valence-electron chi connectivity index (χ4n) is 1.50. The maximum absolute atomic E-state index is 11.5. The molecule has 1 fully saturated rings. The Kier molecular flexibility index (Phi) is 3.87. The molecule has 6 heteroatoms. The molecule has 1 heterocycles. The van der Waals surface area contributed by atoms with E-state index in [1.807, 2.05) is 0 Å². The van der Waals surface area contributed by atoms with Gasteiger partial charge in [0, 0.05) is 6.04 Å². The van der Waals surface area contributed by atoms with Crippen LogP contribution in [0.1, 0.15) is 20.8 Å². The van der Waals surface area contributed by atoms with Crippen molar-refractivity contribution in [2.24, 2.45) is 0 Å². The Labute approximate surface area is 93.9 Å². The predicted octanol–water partition coefficient (Wildman–Crippen LogP) is -0.715. The van der Waals surface area contributed by atoms with Gasteiger partial charge < -0.3 is 15.0 Å². The number of carbonyl (C=O) groups excluding carboxylic acids is 3. The Morgan fingerprint density at radius 3 is 2.69 bits per heavy atom. The monoisotopic (exact) mass is 228 g/mol. The summed E-state index contributed by atoms with van der Waals surface area (Å²) in [5.41, 5.74) is 0. The van der Waals surface area contributed by atoms with Crippen LogP contribution in [-0.2, 0) is 19.1 Å². The van der Waals surface area contributed by atoms with Crippen LogP contribution < -0.4 is 5.32 Å². The van der Waals surface area contributed by atoms with E-state index in [0.29, 0.717) is 0 Å². The second kappa shape index (κ2) is 4.96. The number of esters is 1. The van der Waals surface area contributed by atoms with Crippen molar-refractivity contribution in [2.45, 2.75) is 32.9 Å². The second-order valence-electron chi connectivity index (χ2n) is 3.83. The van der Waals surface area contributed by atoms with Crippen LogP contribution in [0.15, 0.2) is 0 Å². The number of rotatable bonds is 3. The molecule has 0 unspecified atom stereocenters. The fraction of sp³-hybridized carbons (Fsp3) is 0.700. The summed E-state index contributed by atoms with van der Waals surface area (Å²) in [6.45, 7) is 5.69. The van der Waals surface area contributed by atoms with Crippen LogP contribution in [0.25, 0.3) is 0 Å². The lowest BCUT2D eigenvalue weighted by Gasteiger charge is -2.33. The summed E-state index contributed by atoms with van der Waals surface area (Å²) in [5.74, 6) is -1.86. The first-order valence-corrected chi connectivity index (χ1v) is 5.25. The van der Waals surface area contributed by atoms with E-state index in [4.69, 9.17) is 4.74 Å². The van der Waals surface area contributed by atoms with Gasteiger partial charge in [0.1, 0.15) is 6.04 Å². The van der Waals surface area contributed by atoms with Crippen LogP contribution in [0.3, 0.4) is 0 Å². The van der Waals surface area contributed by atoms with Gasteiger partial charge >= 0.3 is 17.8 Å². The number of ether oxygens (including phenoxy) is 1. The second-order valence-corrected chi connectivity index (χ2v) is 3.83. The molecule has 1 atom stereocenters.